The van der Waals surface area contributed by atoms with Gasteiger partial charge in [-0.15, -0.1) is 11.3 Å². The highest BCUT2D eigenvalue weighted by molar-refractivity contribution is 7.89. The number of hydrogen-bond donors (Lipinski definition) is 1. The summed E-state index contributed by atoms with van der Waals surface area (Å²) in [6.07, 6.45) is 9.03. The first kappa shape index (κ1) is 31.5. The molecule has 43 heavy (non-hydrogen) atoms. The maximum Gasteiger partial charge on any atom is 0.348 e. The smallest absolute Gasteiger partial charge is 0.348 e. The van der Waals surface area contributed by atoms with Gasteiger partial charge in [0.1, 0.15) is 21.3 Å². The van der Waals surface area contributed by atoms with E-state index in [1.165, 1.54) is 10.7 Å². The number of halogens is 1. The molecule has 5 rings (SSSR count). The van der Waals surface area contributed by atoms with Crippen molar-refractivity contribution >= 4 is 38.7 Å². The molecule has 1 fully saturated rings. The van der Waals surface area contributed by atoms with Crippen molar-refractivity contribution < 1.29 is 27.4 Å². The number of anilines is 2. The predicted octanol–water partition coefficient (Wildman–Crippen LogP) is 8.32. The van der Waals surface area contributed by atoms with Gasteiger partial charge >= 0.3 is 5.97 Å². The Kier molecular flexibility index (Phi) is 9.78. The van der Waals surface area contributed by atoms with Gasteiger partial charge in [0.25, 0.3) is 0 Å². The van der Waals surface area contributed by atoms with Crippen molar-refractivity contribution in [1.82, 2.24) is 4.31 Å². The van der Waals surface area contributed by atoms with Gasteiger partial charge in [-0.25, -0.2) is 17.6 Å². The number of fused-ring (bicyclic) bond motifs is 1. The van der Waals surface area contributed by atoms with Gasteiger partial charge in [-0.2, -0.15) is 4.31 Å². The fourth-order valence-corrected chi connectivity index (χ4v) is 8.91. The number of thiophene rings is 1. The largest absolute Gasteiger partial charge is 0.490 e. The number of benzene rings is 2. The normalized spacial score (nSPS) is 19.9. The summed E-state index contributed by atoms with van der Waals surface area (Å²) in [5, 5.41) is 9.55. The van der Waals surface area contributed by atoms with E-state index in [0.717, 1.165) is 74.5 Å². The Balaban J connectivity index is 1.70. The monoisotopic (exact) mass is 628 g/mol. The highest BCUT2D eigenvalue weighted by Gasteiger charge is 2.41. The van der Waals surface area contributed by atoms with Crippen molar-refractivity contribution in [3.05, 3.63) is 59.2 Å². The zero-order chi connectivity index (χ0) is 30.7. The Morgan fingerprint density at radius 3 is 2.49 bits per heavy atom. The lowest BCUT2D eigenvalue weighted by Gasteiger charge is -2.36. The maximum atomic E-state index is 14.8. The van der Waals surface area contributed by atoms with Gasteiger partial charge in [0.05, 0.1) is 11.8 Å². The molecule has 2 aromatic carbocycles. The number of rotatable bonds is 10. The van der Waals surface area contributed by atoms with Crippen molar-refractivity contribution in [2.45, 2.75) is 88.7 Å². The topological polar surface area (TPSA) is 87.1 Å². The molecule has 1 saturated carbocycles. The Morgan fingerprint density at radius 1 is 1.12 bits per heavy atom. The van der Waals surface area contributed by atoms with Gasteiger partial charge < -0.3 is 14.7 Å². The summed E-state index contributed by atoms with van der Waals surface area (Å²) in [4.78, 5) is 13.8. The van der Waals surface area contributed by atoms with Gasteiger partial charge in [0.2, 0.25) is 10.0 Å². The van der Waals surface area contributed by atoms with Crippen LogP contribution in [0.1, 0.15) is 81.3 Å². The molecule has 0 spiro atoms. The third-order valence-electron chi connectivity index (χ3n) is 8.80. The fraction of sp³-hybridized carbons (Fsp3) is 0.485. The second kappa shape index (κ2) is 13.4. The molecule has 2 atom stereocenters. The third kappa shape index (κ3) is 6.61. The lowest BCUT2D eigenvalue weighted by Crippen LogP contribution is -2.46. The summed E-state index contributed by atoms with van der Waals surface area (Å²) >= 11 is 0.784. The van der Waals surface area contributed by atoms with Crippen LogP contribution < -0.4 is 9.64 Å². The van der Waals surface area contributed by atoms with E-state index in [1.54, 1.807) is 19.2 Å². The number of hydrogen-bond acceptors (Lipinski definition) is 6. The number of aromatic carboxylic acids is 1. The number of ether oxygens (including phenoxy) is 1. The quantitative estimate of drug-likeness (QED) is 0.227. The zero-order valence-corrected chi connectivity index (χ0v) is 26.7. The molecule has 1 aliphatic heterocycles. The summed E-state index contributed by atoms with van der Waals surface area (Å²) in [6, 6.07) is 14.0. The lowest BCUT2D eigenvalue weighted by atomic mass is 9.83. The molecule has 0 saturated heterocycles. The molecular weight excluding hydrogens is 588 g/mol. The van der Waals surface area contributed by atoms with Crippen LogP contribution in [0.2, 0.25) is 0 Å². The Hall–Kier alpha value is -2.95. The Morgan fingerprint density at radius 2 is 1.84 bits per heavy atom. The van der Waals surface area contributed by atoms with E-state index >= 15 is 0 Å². The molecule has 10 heteroatoms. The number of nitrogens with zero attached hydrogens (tertiary/aromatic N) is 2. The molecule has 232 valence electrons. The van der Waals surface area contributed by atoms with Crippen LogP contribution in [-0.2, 0) is 10.0 Å². The maximum absolute atomic E-state index is 14.8. The zero-order valence-electron chi connectivity index (χ0n) is 25.1. The van der Waals surface area contributed by atoms with Crippen LogP contribution in [0, 0.1) is 11.7 Å². The van der Waals surface area contributed by atoms with Gasteiger partial charge in [-0.3, -0.25) is 0 Å². The molecule has 3 aromatic rings. The molecule has 0 unspecified atom stereocenters. The van der Waals surface area contributed by atoms with Gasteiger partial charge in [0.15, 0.2) is 0 Å². The van der Waals surface area contributed by atoms with Gasteiger partial charge in [-0.1, -0.05) is 57.2 Å². The standard InChI is InChI=1S/C33H41FN2O5S2/c1-4-5-8-13-22(2)41-29-20-27-31(18-25(29)30-19-26(34)32(42-30)33(37)38)43(39,40)35(3)28(23-14-9-6-10-15-23)21-36(27)24-16-11-7-12-17-24/h7,11-12,16-20,22-23,28H,4-6,8-10,13-15,21H2,1-3H3,(H,37,38)/t22-,28-/m0/s1. The average molecular weight is 629 g/mol. The van der Waals surface area contributed by atoms with Crippen LogP contribution >= 0.6 is 11.3 Å². The summed E-state index contributed by atoms with van der Waals surface area (Å²) in [6.45, 7) is 4.60. The van der Waals surface area contributed by atoms with Crippen molar-refractivity contribution in [3.8, 4) is 16.2 Å². The SMILES string of the molecule is CCCCC[C@H](C)Oc1cc2c(cc1-c1cc(F)c(C(=O)O)s1)S(=O)(=O)N(C)[C@H](C1CCCCC1)CN2c1ccccc1. The minimum atomic E-state index is -3.98. The number of unbranched alkanes of at least 4 members (excludes halogenated alkanes) is 2. The molecule has 2 aliphatic rings. The first-order chi connectivity index (χ1) is 20.6. The molecule has 1 N–H and O–H groups in total. The highest BCUT2D eigenvalue weighted by atomic mass is 32.2. The van der Waals surface area contributed by atoms with Crippen LogP contribution in [0.15, 0.2) is 53.4 Å². The summed E-state index contributed by atoms with van der Waals surface area (Å²) in [7, 11) is -2.31. The molecule has 1 aliphatic carbocycles. The van der Waals surface area contributed by atoms with Gasteiger partial charge in [-0.05, 0) is 62.8 Å². The molecule has 0 amide bonds. The number of sulfonamides is 1. The Labute approximate surface area is 258 Å². The van der Waals surface area contributed by atoms with E-state index in [2.05, 4.69) is 11.8 Å². The molecule has 2 heterocycles. The van der Waals surface area contributed by atoms with E-state index in [9.17, 15) is 22.7 Å². The van der Waals surface area contributed by atoms with Crippen LogP contribution in [-0.4, -0.2) is 49.5 Å². The number of likely N-dealkylation sites (N-methyl/N-ethyl adjacent to an activating group) is 1. The van der Waals surface area contributed by atoms with E-state index in [-0.39, 0.29) is 23.0 Å². The minimum Gasteiger partial charge on any atom is -0.490 e. The van der Waals surface area contributed by atoms with Gasteiger partial charge in [0, 0.05) is 41.8 Å². The van der Waals surface area contributed by atoms with E-state index < -0.39 is 26.7 Å². The van der Waals surface area contributed by atoms with E-state index in [4.69, 9.17) is 4.74 Å². The second-order valence-corrected chi connectivity index (χ2v) is 14.8. The average Bonchev–Trinajstić information content (AvgIpc) is 3.36. The first-order valence-corrected chi connectivity index (χ1v) is 17.6. The van der Waals surface area contributed by atoms with Crippen LogP contribution in [0.4, 0.5) is 15.8 Å². The van der Waals surface area contributed by atoms with Crippen LogP contribution in [0.25, 0.3) is 10.4 Å². The van der Waals surface area contributed by atoms with Crippen LogP contribution in [0.5, 0.6) is 5.75 Å². The first-order valence-electron chi connectivity index (χ1n) is 15.3. The lowest BCUT2D eigenvalue weighted by molar-refractivity contribution is 0.0697. The second-order valence-electron chi connectivity index (χ2n) is 11.8. The Bertz CT molecular complexity index is 1540. The fourth-order valence-electron chi connectivity index (χ4n) is 6.41. The van der Waals surface area contributed by atoms with E-state index in [0.29, 0.717) is 28.4 Å². The van der Waals surface area contributed by atoms with Crippen molar-refractivity contribution in [1.29, 1.82) is 0 Å². The molecule has 7 nitrogen and oxygen atoms in total. The molecule has 0 bridgehead atoms. The summed E-state index contributed by atoms with van der Waals surface area (Å²) in [5.74, 6) is -1.58. The van der Waals surface area contributed by atoms with Crippen molar-refractivity contribution in [3.63, 3.8) is 0 Å². The molecular formula is C33H41FN2O5S2. The minimum absolute atomic E-state index is 0.101. The highest BCUT2D eigenvalue weighted by Crippen LogP contribution is 2.47. The van der Waals surface area contributed by atoms with Crippen molar-refractivity contribution in [2.24, 2.45) is 5.92 Å². The predicted molar refractivity (Wildman–Crippen MR) is 170 cm³/mol. The van der Waals surface area contributed by atoms with Crippen LogP contribution in [0.3, 0.4) is 0 Å². The number of carbonyl (C=O) groups is 1. The van der Waals surface area contributed by atoms with E-state index in [1.807, 2.05) is 37.3 Å². The number of para-hydroxylation sites is 1. The summed E-state index contributed by atoms with van der Waals surface area (Å²) in [5.41, 5.74) is 1.75. The van der Waals surface area contributed by atoms with Crippen molar-refractivity contribution in [2.75, 3.05) is 18.5 Å². The number of carboxylic acid groups (broad SMARTS) is 1. The third-order valence-corrected chi connectivity index (χ3v) is 11.8. The molecule has 1 aromatic heterocycles. The molecule has 0 radical (unpaired) electrons. The number of carboxylic acids is 1. The summed E-state index contributed by atoms with van der Waals surface area (Å²) < 4.78 is 51.6.